The molecule has 0 aliphatic rings. The maximum atomic E-state index is 10.5. The van der Waals surface area contributed by atoms with Crippen LogP contribution in [-0.4, -0.2) is 11.7 Å². The lowest BCUT2D eigenvalue weighted by Crippen LogP contribution is -2.31. The Kier molecular flexibility index (Phi) is 4.29. The minimum Gasteiger partial charge on any atom is -0.384 e. The van der Waals surface area contributed by atoms with Crippen molar-refractivity contribution in [3.05, 3.63) is 64.7 Å². The van der Waals surface area contributed by atoms with Gasteiger partial charge in [-0.2, -0.15) is 5.26 Å². The molecule has 0 amide bonds. The Morgan fingerprint density at radius 2 is 1.85 bits per heavy atom. The number of nitrogens with one attached hydrogen (secondary N) is 1. The maximum Gasteiger partial charge on any atom is 0.105 e. The summed E-state index contributed by atoms with van der Waals surface area (Å²) in [4.78, 5) is 0. The second-order valence-corrected chi connectivity index (χ2v) is 5.20. The number of benzene rings is 2. The van der Waals surface area contributed by atoms with Crippen molar-refractivity contribution in [1.82, 2.24) is 0 Å². The molecule has 0 aliphatic carbocycles. The number of rotatable bonds is 4. The zero-order valence-electron chi connectivity index (χ0n) is 11.1. The third-order valence-electron chi connectivity index (χ3n) is 3.10. The van der Waals surface area contributed by atoms with E-state index in [2.05, 4.69) is 11.4 Å². The Balaban J connectivity index is 2.09. The molecule has 102 valence electrons. The maximum absolute atomic E-state index is 10.5. The van der Waals surface area contributed by atoms with Crippen molar-refractivity contribution in [1.29, 1.82) is 5.26 Å². The molecule has 2 aromatic carbocycles. The molecule has 0 spiro atoms. The summed E-state index contributed by atoms with van der Waals surface area (Å²) in [6, 6.07) is 16.4. The average Bonchev–Trinajstić information content (AvgIpc) is 2.46. The molecular formula is C16H15ClN2O. The molecule has 0 fully saturated rings. The first-order valence-corrected chi connectivity index (χ1v) is 6.62. The molecule has 0 radical (unpaired) electrons. The van der Waals surface area contributed by atoms with Crippen molar-refractivity contribution >= 4 is 17.3 Å². The molecule has 4 heteroatoms. The normalized spacial score (nSPS) is 13.3. The molecule has 3 nitrogen and oxygen atoms in total. The number of hydrogen-bond acceptors (Lipinski definition) is 3. The topological polar surface area (TPSA) is 56.0 Å². The third kappa shape index (κ3) is 3.30. The zero-order chi connectivity index (χ0) is 14.6. The van der Waals surface area contributed by atoms with Crippen molar-refractivity contribution in [2.75, 3.05) is 11.9 Å². The van der Waals surface area contributed by atoms with Gasteiger partial charge in [-0.3, -0.25) is 0 Å². The van der Waals surface area contributed by atoms with Gasteiger partial charge >= 0.3 is 0 Å². The number of nitriles is 1. The highest BCUT2D eigenvalue weighted by atomic mass is 35.5. The highest BCUT2D eigenvalue weighted by molar-refractivity contribution is 6.31. The van der Waals surface area contributed by atoms with E-state index >= 15 is 0 Å². The molecule has 2 aromatic rings. The lowest BCUT2D eigenvalue weighted by molar-refractivity contribution is 0.0716. The molecular weight excluding hydrogens is 272 g/mol. The van der Waals surface area contributed by atoms with Crippen molar-refractivity contribution < 1.29 is 5.11 Å². The molecule has 1 unspecified atom stereocenters. The fourth-order valence-electron chi connectivity index (χ4n) is 1.93. The molecule has 2 N–H and O–H groups in total. The van der Waals surface area contributed by atoms with E-state index in [1.54, 1.807) is 37.3 Å². The van der Waals surface area contributed by atoms with E-state index in [-0.39, 0.29) is 0 Å². The van der Waals surface area contributed by atoms with Crippen molar-refractivity contribution in [2.24, 2.45) is 0 Å². The molecule has 0 saturated carbocycles. The van der Waals surface area contributed by atoms with Gasteiger partial charge in [0.05, 0.1) is 11.6 Å². The number of aliphatic hydroxyl groups is 1. The second kappa shape index (κ2) is 5.96. The van der Waals surface area contributed by atoms with E-state index in [1.165, 1.54) is 0 Å². The van der Waals surface area contributed by atoms with E-state index in [9.17, 15) is 5.11 Å². The molecule has 0 heterocycles. The van der Waals surface area contributed by atoms with Crippen LogP contribution in [0, 0.1) is 11.3 Å². The summed E-state index contributed by atoms with van der Waals surface area (Å²) in [5.41, 5.74) is 1.05. The fraction of sp³-hybridized carbons (Fsp3) is 0.188. The van der Waals surface area contributed by atoms with Gasteiger partial charge in [0.25, 0.3) is 0 Å². The van der Waals surface area contributed by atoms with Crippen LogP contribution in [0.5, 0.6) is 0 Å². The molecule has 0 bridgehead atoms. The van der Waals surface area contributed by atoms with Crippen LogP contribution in [0.15, 0.2) is 48.5 Å². The second-order valence-electron chi connectivity index (χ2n) is 4.80. The van der Waals surface area contributed by atoms with Crippen LogP contribution in [0.3, 0.4) is 0 Å². The number of nitrogens with zero attached hydrogens (tertiary/aromatic N) is 1. The highest BCUT2D eigenvalue weighted by Gasteiger charge is 2.25. The first kappa shape index (κ1) is 14.4. The first-order chi connectivity index (χ1) is 9.53. The van der Waals surface area contributed by atoms with Gasteiger partial charge in [-0.25, -0.2) is 0 Å². The average molecular weight is 287 g/mol. The molecule has 0 saturated heterocycles. The minimum atomic E-state index is -1.08. The summed E-state index contributed by atoms with van der Waals surface area (Å²) < 4.78 is 0. The van der Waals surface area contributed by atoms with E-state index in [1.807, 2.05) is 18.2 Å². The van der Waals surface area contributed by atoms with E-state index in [0.29, 0.717) is 22.7 Å². The Morgan fingerprint density at radius 1 is 1.20 bits per heavy atom. The van der Waals surface area contributed by atoms with Crippen LogP contribution in [0.4, 0.5) is 5.69 Å². The Bertz CT molecular complexity index is 630. The van der Waals surface area contributed by atoms with Gasteiger partial charge in [-0.1, -0.05) is 29.8 Å². The summed E-state index contributed by atoms with van der Waals surface area (Å²) in [6.07, 6.45) is 0. The summed E-state index contributed by atoms with van der Waals surface area (Å²) in [6.45, 7) is 2.04. The molecule has 0 aromatic heterocycles. The van der Waals surface area contributed by atoms with Crippen LogP contribution in [0.25, 0.3) is 0 Å². The number of halogens is 1. The highest BCUT2D eigenvalue weighted by Crippen LogP contribution is 2.28. The summed E-state index contributed by atoms with van der Waals surface area (Å²) in [5, 5.41) is 23.0. The predicted octanol–water partition coefficient (Wildman–Crippen LogP) is 3.53. The van der Waals surface area contributed by atoms with Crippen molar-refractivity contribution in [3.8, 4) is 6.07 Å². The van der Waals surface area contributed by atoms with Gasteiger partial charge in [0.1, 0.15) is 5.60 Å². The zero-order valence-corrected chi connectivity index (χ0v) is 11.9. The van der Waals surface area contributed by atoms with Crippen LogP contribution in [-0.2, 0) is 5.60 Å². The van der Waals surface area contributed by atoms with Gasteiger partial charge < -0.3 is 10.4 Å². The Morgan fingerprint density at radius 3 is 2.45 bits per heavy atom. The van der Waals surface area contributed by atoms with Gasteiger partial charge in [0.15, 0.2) is 0 Å². The van der Waals surface area contributed by atoms with Crippen LogP contribution >= 0.6 is 11.6 Å². The first-order valence-electron chi connectivity index (χ1n) is 6.24. The summed E-state index contributed by atoms with van der Waals surface area (Å²) in [7, 11) is 0. The Hall–Kier alpha value is -2.02. The summed E-state index contributed by atoms with van der Waals surface area (Å²) >= 11 is 6.11. The minimum absolute atomic E-state index is 0.322. The largest absolute Gasteiger partial charge is 0.384 e. The van der Waals surface area contributed by atoms with Gasteiger partial charge in [-0.05, 0) is 37.3 Å². The van der Waals surface area contributed by atoms with Gasteiger partial charge in [0.2, 0.25) is 0 Å². The molecule has 2 rings (SSSR count). The molecule has 1 atom stereocenters. The van der Waals surface area contributed by atoms with Crippen LogP contribution in [0.2, 0.25) is 5.02 Å². The number of anilines is 1. The predicted molar refractivity (Wildman–Crippen MR) is 80.7 cm³/mol. The van der Waals surface area contributed by atoms with E-state index in [4.69, 9.17) is 16.9 Å². The standard InChI is InChI=1S/C16H15ClN2O/c1-16(20,14-4-2-3-5-15(14)17)11-19-13-8-6-12(10-18)7-9-13/h2-9,19-20H,11H2,1H3. The lowest BCUT2D eigenvalue weighted by Gasteiger charge is -2.25. The number of hydrogen-bond donors (Lipinski definition) is 2. The van der Waals surface area contributed by atoms with Crippen LogP contribution < -0.4 is 5.32 Å². The fourth-order valence-corrected chi connectivity index (χ4v) is 2.27. The quantitative estimate of drug-likeness (QED) is 0.904. The Labute approximate surface area is 123 Å². The SMILES string of the molecule is CC(O)(CNc1ccc(C#N)cc1)c1ccccc1Cl. The monoisotopic (exact) mass is 286 g/mol. The molecule has 20 heavy (non-hydrogen) atoms. The summed E-state index contributed by atoms with van der Waals surface area (Å²) in [5.74, 6) is 0. The van der Waals surface area contributed by atoms with Gasteiger partial charge in [-0.15, -0.1) is 0 Å². The lowest BCUT2D eigenvalue weighted by atomic mass is 9.96. The van der Waals surface area contributed by atoms with Crippen LogP contribution in [0.1, 0.15) is 18.1 Å². The van der Waals surface area contributed by atoms with Crippen molar-refractivity contribution in [3.63, 3.8) is 0 Å². The van der Waals surface area contributed by atoms with E-state index < -0.39 is 5.60 Å². The van der Waals surface area contributed by atoms with E-state index in [0.717, 1.165) is 5.69 Å². The van der Waals surface area contributed by atoms with Gasteiger partial charge in [0, 0.05) is 22.8 Å². The smallest absolute Gasteiger partial charge is 0.105 e. The third-order valence-corrected chi connectivity index (χ3v) is 3.43. The molecule has 0 aliphatic heterocycles. The van der Waals surface area contributed by atoms with Crippen molar-refractivity contribution in [2.45, 2.75) is 12.5 Å².